The minimum atomic E-state index is -6.08. The van der Waals surface area contributed by atoms with E-state index < -0.39 is 29.0 Å². The second-order valence-electron chi connectivity index (χ2n) is 2.87. The molecule has 92 valence electrons. The van der Waals surface area contributed by atoms with Gasteiger partial charge in [-0.15, -0.1) is 0 Å². The average Bonchev–Trinajstić information content (AvgIpc) is 2.02. The topological polar surface area (TPSA) is 68.3 Å². The molecule has 0 aromatic heterocycles. The Morgan fingerprint density at radius 2 is 1.47 bits per heavy atom. The van der Waals surface area contributed by atoms with Gasteiger partial charge in [-0.25, -0.2) is 16.8 Å². The summed E-state index contributed by atoms with van der Waals surface area (Å²) in [5.74, 6) is -0.983. The van der Waals surface area contributed by atoms with Crippen molar-refractivity contribution >= 4 is 17.7 Å². The van der Waals surface area contributed by atoms with Crippen LogP contribution in [0.4, 0.5) is 13.2 Å². The summed E-state index contributed by atoms with van der Waals surface area (Å²) in [6, 6.07) is 0. The third-order valence-corrected chi connectivity index (χ3v) is 6.71. The molecule has 4 nitrogen and oxygen atoms in total. The summed E-state index contributed by atoms with van der Waals surface area (Å²) in [5, 5.41) is 0. The van der Waals surface area contributed by atoms with Crippen molar-refractivity contribution in [3.63, 3.8) is 0 Å². The lowest BCUT2D eigenvalue weighted by molar-refractivity contribution is -0.0412. The normalized spacial score (nSPS) is 14.1. The highest BCUT2D eigenvalue weighted by Crippen LogP contribution is 2.28. The second-order valence-corrected chi connectivity index (χ2v) is 8.60. The molecule has 0 aliphatic heterocycles. The highest BCUT2D eigenvalue weighted by atomic mass is 33.2. The molecule has 15 heavy (non-hydrogen) atoms. The Hall–Kier alpha value is -0.310. The van der Waals surface area contributed by atoms with Gasteiger partial charge in [0.2, 0.25) is 0 Å². The Morgan fingerprint density at radius 1 is 1.00 bits per heavy atom. The summed E-state index contributed by atoms with van der Waals surface area (Å²) >= 11 is 0. The van der Waals surface area contributed by atoms with Crippen LogP contribution in [0.1, 0.15) is 26.2 Å². The van der Waals surface area contributed by atoms with Crippen LogP contribution in [0.15, 0.2) is 0 Å². The third kappa shape index (κ3) is 3.33. The molecular weight excluding hydrogens is 257 g/mol. The summed E-state index contributed by atoms with van der Waals surface area (Å²) < 4.78 is 78.5. The fourth-order valence-electron chi connectivity index (χ4n) is 0.783. The monoisotopic (exact) mass is 268 g/mol. The van der Waals surface area contributed by atoms with E-state index in [1.54, 1.807) is 6.92 Å². The Morgan fingerprint density at radius 3 is 1.80 bits per heavy atom. The molecule has 0 fully saturated rings. The van der Waals surface area contributed by atoms with Crippen LogP contribution < -0.4 is 0 Å². The fraction of sp³-hybridized carbons (Fsp3) is 1.00. The van der Waals surface area contributed by atoms with Gasteiger partial charge in [-0.1, -0.05) is 19.8 Å². The molecule has 9 heteroatoms. The number of hydrogen-bond acceptors (Lipinski definition) is 4. The van der Waals surface area contributed by atoms with Crippen molar-refractivity contribution < 1.29 is 30.0 Å². The van der Waals surface area contributed by atoms with Gasteiger partial charge in [-0.3, -0.25) is 0 Å². The molecule has 0 saturated heterocycles. The van der Waals surface area contributed by atoms with Crippen LogP contribution in [-0.2, 0) is 17.7 Å². The molecule has 0 N–H and O–H groups in total. The molecule has 0 aromatic carbocycles. The predicted molar refractivity (Wildman–Crippen MR) is 48.3 cm³/mol. The number of halogens is 3. The van der Waals surface area contributed by atoms with Crippen molar-refractivity contribution in [1.82, 2.24) is 0 Å². The maximum absolute atomic E-state index is 11.9. The molecule has 0 bridgehead atoms. The van der Waals surface area contributed by atoms with E-state index >= 15 is 0 Å². The molecule has 0 amide bonds. The summed E-state index contributed by atoms with van der Waals surface area (Å²) in [6.45, 7) is 1.71. The summed E-state index contributed by atoms with van der Waals surface area (Å²) in [4.78, 5) is 0. The maximum atomic E-state index is 11.9. The first-order valence-electron chi connectivity index (χ1n) is 4.10. The molecular formula is C6H11F3O4S2. The van der Waals surface area contributed by atoms with Gasteiger partial charge in [-0.05, 0) is 6.42 Å². The Balaban J connectivity index is 4.91. The van der Waals surface area contributed by atoms with Crippen LogP contribution in [0.2, 0.25) is 0 Å². The van der Waals surface area contributed by atoms with Crippen LogP contribution in [0, 0.1) is 0 Å². The number of hydrogen-bond donors (Lipinski definition) is 0. The molecule has 0 saturated carbocycles. The van der Waals surface area contributed by atoms with E-state index in [0.717, 1.165) is 0 Å². The van der Waals surface area contributed by atoms with Gasteiger partial charge in [-0.2, -0.15) is 13.2 Å². The lowest BCUT2D eigenvalue weighted by Crippen LogP contribution is -2.32. The SMILES string of the molecule is CCCCCS(=O)(=O)S(=O)(=O)C(F)(F)F. The Bertz CT molecular complexity index is 393. The van der Waals surface area contributed by atoms with Crippen molar-refractivity contribution in [1.29, 1.82) is 0 Å². The summed E-state index contributed by atoms with van der Waals surface area (Å²) in [6.07, 6.45) is 0.863. The maximum Gasteiger partial charge on any atom is 0.512 e. The minimum absolute atomic E-state index is 0.0891. The average molecular weight is 268 g/mol. The second kappa shape index (κ2) is 4.69. The van der Waals surface area contributed by atoms with E-state index in [4.69, 9.17) is 0 Å². The first-order chi connectivity index (χ1) is 6.56. The van der Waals surface area contributed by atoms with Gasteiger partial charge < -0.3 is 0 Å². The zero-order valence-electron chi connectivity index (χ0n) is 7.91. The molecule has 0 spiro atoms. The predicted octanol–water partition coefficient (Wildman–Crippen LogP) is 1.44. The van der Waals surface area contributed by atoms with Crippen molar-refractivity contribution in [2.24, 2.45) is 0 Å². The Kier molecular flexibility index (Phi) is 4.59. The lowest BCUT2D eigenvalue weighted by atomic mass is 10.3. The van der Waals surface area contributed by atoms with Crippen molar-refractivity contribution in [2.45, 2.75) is 31.7 Å². The molecule has 0 atom stereocenters. The summed E-state index contributed by atoms with van der Waals surface area (Å²) in [5.41, 5.74) is -5.74. The van der Waals surface area contributed by atoms with E-state index in [-0.39, 0.29) is 6.42 Å². The van der Waals surface area contributed by atoms with Crippen molar-refractivity contribution in [2.75, 3.05) is 5.75 Å². The van der Waals surface area contributed by atoms with E-state index in [1.165, 1.54) is 0 Å². The molecule has 0 rings (SSSR count). The summed E-state index contributed by atoms with van der Waals surface area (Å²) in [7, 11) is -11.2. The number of unbranched alkanes of at least 4 members (excludes halogenated alkanes) is 2. The molecule has 0 radical (unpaired) electrons. The van der Waals surface area contributed by atoms with Crippen molar-refractivity contribution in [3.05, 3.63) is 0 Å². The van der Waals surface area contributed by atoms with Gasteiger partial charge in [0.15, 0.2) is 0 Å². The molecule has 0 aliphatic rings. The zero-order valence-corrected chi connectivity index (χ0v) is 9.54. The molecule has 0 unspecified atom stereocenters. The van der Waals surface area contributed by atoms with Crippen LogP contribution in [0.25, 0.3) is 0 Å². The number of rotatable bonds is 5. The van der Waals surface area contributed by atoms with Crippen LogP contribution in [0.5, 0.6) is 0 Å². The third-order valence-electron chi connectivity index (χ3n) is 1.62. The largest absolute Gasteiger partial charge is 0.512 e. The first-order valence-corrected chi connectivity index (χ1v) is 7.75. The standard InChI is InChI=1S/C6H11F3O4S2/c1-2-3-4-5-14(10,11)15(12,13)6(7,8)9/h2-5H2,1H3. The van der Waals surface area contributed by atoms with Crippen molar-refractivity contribution in [3.8, 4) is 0 Å². The fourth-order valence-corrected chi connectivity index (χ4v) is 3.72. The quantitative estimate of drug-likeness (QED) is 0.559. The minimum Gasteiger partial charge on any atom is -0.212 e. The van der Waals surface area contributed by atoms with Gasteiger partial charge in [0, 0.05) is 0 Å². The van der Waals surface area contributed by atoms with Gasteiger partial charge in [0.1, 0.15) is 0 Å². The molecule has 0 aliphatic carbocycles. The molecule has 0 aromatic rings. The zero-order chi connectivity index (χ0) is 12.3. The van der Waals surface area contributed by atoms with E-state index in [0.29, 0.717) is 12.8 Å². The smallest absolute Gasteiger partial charge is 0.212 e. The van der Waals surface area contributed by atoms with Gasteiger partial charge in [0.25, 0.3) is 8.87 Å². The first kappa shape index (κ1) is 14.7. The van der Waals surface area contributed by atoms with Crippen LogP contribution in [0.3, 0.4) is 0 Å². The van der Waals surface area contributed by atoms with Crippen LogP contribution in [-0.4, -0.2) is 28.1 Å². The molecule has 0 heterocycles. The van der Waals surface area contributed by atoms with Gasteiger partial charge >= 0.3 is 14.4 Å². The van der Waals surface area contributed by atoms with E-state index in [1.807, 2.05) is 0 Å². The van der Waals surface area contributed by atoms with Gasteiger partial charge in [0.05, 0.1) is 5.75 Å². The Labute approximate surface area is 85.7 Å². The van der Waals surface area contributed by atoms with Crippen LogP contribution >= 0.6 is 0 Å². The highest BCUT2D eigenvalue weighted by molar-refractivity contribution is 8.67. The number of alkyl halides is 3. The lowest BCUT2D eigenvalue weighted by Gasteiger charge is -2.08. The van der Waals surface area contributed by atoms with E-state index in [2.05, 4.69) is 0 Å². The highest BCUT2D eigenvalue weighted by Gasteiger charge is 2.54. The van der Waals surface area contributed by atoms with E-state index in [9.17, 15) is 30.0 Å².